The molecule has 0 aliphatic heterocycles. The van der Waals surface area contributed by atoms with Gasteiger partial charge in [0.2, 0.25) is 0 Å². The first kappa shape index (κ1) is 14.7. The van der Waals surface area contributed by atoms with Crippen LogP contribution in [0.1, 0.15) is 52.4 Å². The molecule has 0 unspecified atom stereocenters. The van der Waals surface area contributed by atoms with Gasteiger partial charge in [-0.25, -0.2) is 0 Å². The van der Waals surface area contributed by atoms with Crippen LogP contribution in [0.2, 0.25) is 0 Å². The topological polar surface area (TPSA) is 44.5 Å². The van der Waals surface area contributed by atoms with Crippen LogP contribution in [-0.2, 0) is 4.79 Å². The van der Waals surface area contributed by atoms with Gasteiger partial charge in [-0.15, -0.1) is 0 Å². The van der Waals surface area contributed by atoms with E-state index >= 15 is 0 Å². The third kappa shape index (κ3) is 8.05. The van der Waals surface area contributed by atoms with Crippen LogP contribution in [0.3, 0.4) is 0 Å². The average molecular weight is 223 g/mol. The van der Waals surface area contributed by atoms with E-state index in [1.54, 1.807) is 6.08 Å². The minimum Gasteiger partial charge on any atom is -0.544 e. The van der Waals surface area contributed by atoms with Crippen LogP contribution in [0.15, 0.2) is 11.6 Å². The molecular weight excluding hydrogens is 202 g/mol. The zero-order valence-electron chi connectivity index (χ0n) is 10.3. The summed E-state index contributed by atoms with van der Waals surface area (Å²) < 4.78 is 0. The minimum absolute atomic E-state index is 0.0900. The Balaban J connectivity index is 4.13. The van der Waals surface area contributed by atoms with E-state index in [2.05, 4.69) is 24.8 Å². The molecule has 0 aromatic carbocycles. The lowest BCUT2D eigenvalue weighted by Crippen LogP contribution is -2.23. The summed E-state index contributed by atoms with van der Waals surface area (Å²) in [5, 5.41) is 10.7. The molecule has 0 saturated carbocycles. The summed E-state index contributed by atoms with van der Waals surface area (Å²) in [4.78, 5) is 14.7. The normalized spacial score (nSPS) is 10.8. The molecule has 0 amide bonds. The summed E-state index contributed by atoms with van der Waals surface area (Å²) in [5.74, 6) is -1.18. The lowest BCUT2D eigenvalue weighted by molar-refractivity contribution is -0.298. The van der Waals surface area contributed by atoms with Gasteiger partial charge >= 0.3 is 6.07 Å². The Morgan fingerprint density at radius 3 is 2.50 bits per heavy atom. The maximum atomic E-state index is 10.7. The van der Waals surface area contributed by atoms with Crippen LogP contribution in [0.25, 0.3) is 4.85 Å². The van der Waals surface area contributed by atoms with Gasteiger partial charge in [-0.1, -0.05) is 37.6 Å². The van der Waals surface area contributed by atoms with E-state index in [9.17, 15) is 9.90 Å². The van der Waals surface area contributed by atoms with Crippen LogP contribution < -0.4 is 5.11 Å². The van der Waals surface area contributed by atoms with Gasteiger partial charge in [-0.3, -0.25) is 0 Å². The summed E-state index contributed by atoms with van der Waals surface area (Å²) in [5.41, 5.74) is 0.0900. The molecule has 0 aliphatic rings. The predicted octanol–water partition coefficient (Wildman–Crippen LogP) is 2.38. The molecule has 0 spiro atoms. The molecule has 0 aliphatic carbocycles. The summed E-state index contributed by atoms with van der Waals surface area (Å²) in [7, 11) is 0. The molecule has 0 aromatic heterocycles. The molecule has 0 fully saturated rings. The first-order valence-corrected chi connectivity index (χ1v) is 6.06. The van der Waals surface area contributed by atoms with Crippen molar-refractivity contribution >= 4 is 5.97 Å². The van der Waals surface area contributed by atoms with Gasteiger partial charge in [0, 0.05) is 6.42 Å². The summed E-state index contributed by atoms with van der Waals surface area (Å²) in [6.45, 7) is 4.81. The van der Waals surface area contributed by atoms with Gasteiger partial charge in [0.25, 0.3) is 6.54 Å². The molecule has 0 bridgehead atoms. The highest BCUT2D eigenvalue weighted by Crippen LogP contribution is 2.03. The third-order valence-corrected chi connectivity index (χ3v) is 2.20. The lowest BCUT2D eigenvalue weighted by atomic mass is 10.1. The van der Waals surface area contributed by atoms with E-state index in [0.29, 0.717) is 6.54 Å². The Hall–Kier alpha value is -1.30. The van der Waals surface area contributed by atoms with Crippen molar-refractivity contribution in [3.05, 3.63) is 16.5 Å². The van der Waals surface area contributed by atoms with E-state index < -0.39 is 5.97 Å². The molecule has 0 saturated heterocycles. The molecule has 0 N–H and O–H groups in total. The molecule has 0 rings (SSSR count). The predicted molar refractivity (Wildman–Crippen MR) is 64.3 cm³/mol. The number of hydrogen-bond acceptors (Lipinski definition) is 2. The van der Waals surface area contributed by atoms with Crippen molar-refractivity contribution < 1.29 is 9.90 Å². The molecule has 0 aromatic rings. The Morgan fingerprint density at radius 1 is 1.25 bits per heavy atom. The number of rotatable bonds is 7. The number of carbonyl (C=O) groups excluding carboxylic acids is 1. The van der Waals surface area contributed by atoms with E-state index in [1.807, 2.05) is 0 Å². The number of carboxylic acid groups (broad SMARTS) is 1. The van der Waals surface area contributed by atoms with Crippen LogP contribution in [0.4, 0.5) is 0 Å². The molecular formula is C13H21NO2. The maximum Gasteiger partial charge on any atom is 0.312 e. The Labute approximate surface area is 98.0 Å². The number of carboxylic acids is 1. The number of carbonyl (C=O) groups is 1. The van der Waals surface area contributed by atoms with E-state index in [4.69, 9.17) is 0 Å². The minimum atomic E-state index is -1.18. The van der Waals surface area contributed by atoms with Gasteiger partial charge in [0.05, 0.1) is 5.97 Å². The standard InChI is InChI=1S/C13H21NO2/c1-3-5-7-8-9-12(13(15)16)11-14-10-6-4-2/h9H,3-8,10H2,1-2H3. The second kappa shape index (κ2) is 10.2. The second-order valence-corrected chi connectivity index (χ2v) is 3.75. The smallest absolute Gasteiger partial charge is 0.312 e. The fraction of sp³-hybridized carbons (Fsp3) is 0.692. The van der Waals surface area contributed by atoms with Crippen molar-refractivity contribution in [2.75, 3.05) is 6.54 Å². The highest BCUT2D eigenvalue weighted by atomic mass is 16.4. The number of unbranched alkanes of at least 4 members (excludes halogenated alkanes) is 4. The van der Waals surface area contributed by atoms with Gasteiger partial charge in [-0.2, -0.15) is 0 Å². The zero-order valence-corrected chi connectivity index (χ0v) is 10.3. The van der Waals surface area contributed by atoms with Crippen LogP contribution in [0, 0.1) is 6.07 Å². The quantitative estimate of drug-likeness (QED) is 0.378. The fourth-order valence-electron chi connectivity index (χ4n) is 1.19. The fourth-order valence-corrected chi connectivity index (χ4v) is 1.19. The maximum absolute atomic E-state index is 10.7. The average Bonchev–Trinajstić information content (AvgIpc) is 2.26. The van der Waals surface area contributed by atoms with Gasteiger partial charge < -0.3 is 9.90 Å². The highest BCUT2D eigenvalue weighted by molar-refractivity contribution is 5.89. The zero-order chi connectivity index (χ0) is 12.2. The summed E-state index contributed by atoms with van der Waals surface area (Å²) >= 11 is 0. The highest BCUT2D eigenvalue weighted by Gasteiger charge is 2.01. The number of aliphatic carboxylic acids is 1. The number of allylic oxidation sites excluding steroid dienone is 1. The van der Waals surface area contributed by atoms with Crippen molar-refractivity contribution in [2.24, 2.45) is 0 Å². The molecule has 90 valence electrons. The molecule has 3 heteroatoms. The monoisotopic (exact) mass is 223 g/mol. The molecule has 3 nitrogen and oxygen atoms in total. The SMILES string of the molecule is CCCCCC=C(C#[N+]CCCC)C(=O)[O-]. The Kier molecular flexibility index (Phi) is 9.39. The van der Waals surface area contributed by atoms with Crippen molar-refractivity contribution in [2.45, 2.75) is 52.4 Å². The number of hydrogen-bond donors (Lipinski definition) is 0. The van der Waals surface area contributed by atoms with Crippen LogP contribution in [0.5, 0.6) is 0 Å². The van der Waals surface area contributed by atoms with E-state index in [-0.39, 0.29) is 5.57 Å². The molecule has 0 heterocycles. The van der Waals surface area contributed by atoms with Crippen molar-refractivity contribution in [1.82, 2.24) is 0 Å². The van der Waals surface area contributed by atoms with Gasteiger partial charge in [0.1, 0.15) is 5.57 Å². The van der Waals surface area contributed by atoms with E-state index in [0.717, 1.165) is 38.5 Å². The second-order valence-electron chi connectivity index (χ2n) is 3.75. The first-order chi connectivity index (χ1) is 7.72. The first-order valence-electron chi connectivity index (χ1n) is 6.06. The van der Waals surface area contributed by atoms with Gasteiger partial charge in [0.15, 0.2) is 0 Å². The Bertz CT molecular complexity index is 284. The number of nitrogens with zero attached hydrogens (tertiary/aromatic N) is 1. The lowest BCUT2D eigenvalue weighted by Gasteiger charge is -1.96. The van der Waals surface area contributed by atoms with Crippen LogP contribution in [-0.4, -0.2) is 12.5 Å². The summed E-state index contributed by atoms with van der Waals surface area (Å²) in [6, 6.07) is 2.55. The molecule has 16 heavy (non-hydrogen) atoms. The van der Waals surface area contributed by atoms with Crippen molar-refractivity contribution in [3.63, 3.8) is 0 Å². The van der Waals surface area contributed by atoms with Crippen molar-refractivity contribution in [1.29, 1.82) is 0 Å². The molecule has 0 atom stereocenters. The van der Waals surface area contributed by atoms with Crippen molar-refractivity contribution in [3.8, 4) is 6.07 Å². The van der Waals surface area contributed by atoms with Crippen LogP contribution >= 0.6 is 0 Å². The largest absolute Gasteiger partial charge is 0.544 e. The molecule has 0 radical (unpaired) electrons. The third-order valence-electron chi connectivity index (χ3n) is 2.20. The summed E-state index contributed by atoms with van der Waals surface area (Å²) in [6.07, 6.45) is 7.67. The van der Waals surface area contributed by atoms with Gasteiger partial charge in [-0.05, 0) is 19.3 Å². The Morgan fingerprint density at radius 2 is 1.94 bits per heavy atom. The van der Waals surface area contributed by atoms with E-state index in [1.165, 1.54) is 0 Å².